The minimum absolute atomic E-state index is 0.630. The monoisotopic (exact) mass is 196 g/mol. The van der Waals surface area contributed by atoms with E-state index in [-0.39, 0.29) is 0 Å². The molecule has 2 heterocycles. The molecule has 2 aliphatic heterocycles. The van der Waals surface area contributed by atoms with Crippen LogP contribution in [-0.2, 0) is 0 Å². The molecule has 0 radical (unpaired) electrons. The van der Waals surface area contributed by atoms with Crippen molar-refractivity contribution in [3.05, 3.63) is 0 Å². The van der Waals surface area contributed by atoms with Gasteiger partial charge in [-0.2, -0.15) is 0 Å². The highest BCUT2D eigenvalue weighted by molar-refractivity contribution is 5.77. The molecule has 0 bridgehead atoms. The van der Waals surface area contributed by atoms with Gasteiger partial charge in [-0.25, -0.2) is 0 Å². The van der Waals surface area contributed by atoms with Gasteiger partial charge in [0, 0.05) is 0 Å². The fraction of sp³-hybridized carbons (Fsp3) is 0.909. The highest BCUT2D eigenvalue weighted by Crippen LogP contribution is 2.14. The lowest BCUT2D eigenvalue weighted by Gasteiger charge is -2.17. The normalized spacial score (nSPS) is 31.0. The van der Waals surface area contributed by atoms with Crippen LogP contribution in [0.5, 0.6) is 0 Å². The van der Waals surface area contributed by atoms with Crippen molar-refractivity contribution in [1.82, 2.24) is 10.6 Å². The first-order valence-electron chi connectivity index (χ1n) is 5.73. The van der Waals surface area contributed by atoms with Crippen LogP contribution in [0.3, 0.4) is 0 Å². The third kappa shape index (κ3) is 1.60. The number of nitrogens with zero attached hydrogens (tertiary/aromatic N) is 1. The van der Waals surface area contributed by atoms with Gasteiger partial charge in [0.15, 0.2) is 0 Å². The number of guanidine groups is 1. The summed E-state index contributed by atoms with van der Waals surface area (Å²) in [5.74, 6) is 2.70. The Morgan fingerprint density at radius 2 is 1.43 bits per heavy atom. The van der Waals surface area contributed by atoms with Crippen molar-refractivity contribution in [2.45, 2.75) is 39.8 Å². The van der Waals surface area contributed by atoms with E-state index in [0.29, 0.717) is 23.9 Å². The second-order valence-corrected chi connectivity index (χ2v) is 5.24. The topological polar surface area (TPSA) is 27.1 Å². The number of nitrogens with one attached hydrogen (secondary N) is 2. The second kappa shape index (κ2) is 3.44. The Morgan fingerprint density at radius 1 is 1.00 bits per heavy atom. The summed E-state index contributed by atoms with van der Waals surface area (Å²) < 4.78 is 2.45. The molecule has 0 aromatic carbocycles. The maximum Gasteiger partial charge on any atom is 0.346 e. The molecule has 0 saturated carbocycles. The minimum Gasteiger partial charge on any atom is -0.272 e. The van der Waals surface area contributed by atoms with Crippen LogP contribution >= 0.6 is 0 Å². The van der Waals surface area contributed by atoms with Crippen LogP contribution in [0.2, 0.25) is 0 Å². The van der Waals surface area contributed by atoms with Crippen molar-refractivity contribution in [3.8, 4) is 0 Å². The lowest BCUT2D eigenvalue weighted by molar-refractivity contribution is -0.516. The number of rotatable bonds is 2. The van der Waals surface area contributed by atoms with Gasteiger partial charge in [-0.3, -0.25) is 15.2 Å². The van der Waals surface area contributed by atoms with Gasteiger partial charge in [-0.05, 0) is 11.8 Å². The molecule has 2 aliphatic rings. The molecule has 2 rings (SSSR count). The third-order valence-electron chi connectivity index (χ3n) is 3.40. The largest absolute Gasteiger partial charge is 0.346 e. The first kappa shape index (κ1) is 9.81. The fourth-order valence-corrected chi connectivity index (χ4v) is 2.15. The molecule has 3 heteroatoms. The average Bonchev–Trinajstić information content (AvgIpc) is 2.57. The summed E-state index contributed by atoms with van der Waals surface area (Å²) in [5, 5.41) is 7.14. The molecule has 0 aromatic heterocycles. The quantitative estimate of drug-likeness (QED) is 0.633. The lowest BCUT2D eigenvalue weighted by atomic mass is 10.0. The van der Waals surface area contributed by atoms with Crippen LogP contribution < -0.4 is 10.6 Å². The number of hydrogen-bond donors (Lipinski definition) is 2. The van der Waals surface area contributed by atoms with Gasteiger partial charge in [-0.1, -0.05) is 27.7 Å². The van der Waals surface area contributed by atoms with Gasteiger partial charge in [0.25, 0.3) is 0 Å². The lowest BCUT2D eigenvalue weighted by Crippen LogP contribution is -2.46. The van der Waals surface area contributed by atoms with Gasteiger partial charge >= 0.3 is 5.96 Å². The molecular weight excluding hydrogens is 174 g/mol. The minimum atomic E-state index is 0.630. The fourth-order valence-electron chi connectivity index (χ4n) is 2.15. The van der Waals surface area contributed by atoms with Crippen molar-refractivity contribution in [3.63, 3.8) is 0 Å². The summed E-state index contributed by atoms with van der Waals surface area (Å²) in [6.45, 7) is 11.5. The summed E-state index contributed by atoms with van der Waals surface area (Å²) in [4.78, 5) is 0. The molecule has 0 unspecified atom stereocenters. The first-order valence-corrected chi connectivity index (χ1v) is 5.73. The van der Waals surface area contributed by atoms with E-state index in [1.54, 1.807) is 0 Å². The highest BCUT2D eigenvalue weighted by atomic mass is 15.4. The van der Waals surface area contributed by atoms with E-state index >= 15 is 0 Å². The van der Waals surface area contributed by atoms with Crippen molar-refractivity contribution >= 4 is 5.96 Å². The van der Waals surface area contributed by atoms with Gasteiger partial charge in [0.1, 0.15) is 25.2 Å². The SMILES string of the molecule is CC(C)[C@@H]1C[N+]2=C(N1)N[C@H](C(C)C)C2. The van der Waals surface area contributed by atoms with Crippen molar-refractivity contribution in [2.75, 3.05) is 13.1 Å². The molecule has 80 valence electrons. The summed E-state index contributed by atoms with van der Waals surface area (Å²) in [6.07, 6.45) is 0. The predicted octanol–water partition coefficient (Wildman–Crippen LogP) is 0.611. The molecule has 2 atom stereocenters. The van der Waals surface area contributed by atoms with E-state index < -0.39 is 0 Å². The Bertz CT molecular complexity index is 213. The molecule has 0 saturated heterocycles. The van der Waals surface area contributed by atoms with Crippen LogP contribution in [0.15, 0.2) is 0 Å². The molecule has 0 amide bonds. The van der Waals surface area contributed by atoms with Gasteiger partial charge < -0.3 is 0 Å². The van der Waals surface area contributed by atoms with E-state index in [9.17, 15) is 0 Å². The zero-order valence-electron chi connectivity index (χ0n) is 9.67. The molecular formula is C11H22N3+. The van der Waals surface area contributed by atoms with E-state index in [4.69, 9.17) is 0 Å². The molecule has 14 heavy (non-hydrogen) atoms. The van der Waals surface area contributed by atoms with E-state index in [1.165, 1.54) is 19.0 Å². The van der Waals surface area contributed by atoms with Crippen LogP contribution in [0.25, 0.3) is 0 Å². The molecule has 0 spiro atoms. The maximum absolute atomic E-state index is 3.57. The summed E-state index contributed by atoms with van der Waals surface area (Å²) in [6, 6.07) is 1.26. The Morgan fingerprint density at radius 3 is 1.71 bits per heavy atom. The van der Waals surface area contributed by atoms with Crippen LogP contribution in [0.1, 0.15) is 27.7 Å². The zero-order chi connectivity index (χ0) is 10.3. The zero-order valence-corrected chi connectivity index (χ0v) is 9.67. The Kier molecular flexibility index (Phi) is 2.41. The molecule has 0 fully saturated rings. The maximum atomic E-state index is 3.57. The van der Waals surface area contributed by atoms with Crippen LogP contribution in [-0.4, -0.2) is 35.7 Å². The summed E-state index contributed by atoms with van der Waals surface area (Å²) in [7, 11) is 0. The average molecular weight is 196 g/mol. The summed E-state index contributed by atoms with van der Waals surface area (Å²) >= 11 is 0. The number of hydrogen-bond acceptors (Lipinski definition) is 2. The van der Waals surface area contributed by atoms with Crippen LogP contribution in [0.4, 0.5) is 0 Å². The van der Waals surface area contributed by atoms with Crippen LogP contribution in [0, 0.1) is 11.8 Å². The van der Waals surface area contributed by atoms with Crippen molar-refractivity contribution < 1.29 is 4.58 Å². The van der Waals surface area contributed by atoms with Gasteiger partial charge in [-0.15, -0.1) is 0 Å². The standard InChI is InChI=1S/C11H21N3/c1-7(2)9-5-14-6-10(8(3)4)13-11(14)12-9/h7-10H,5-6H2,1-4H3,(H,12,13)/p+1/t9-,10-/m0/s1. The molecule has 2 N–H and O–H groups in total. The smallest absolute Gasteiger partial charge is 0.272 e. The third-order valence-corrected chi connectivity index (χ3v) is 3.40. The molecule has 0 aliphatic carbocycles. The Hall–Kier alpha value is -0.730. The van der Waals surface area contributed by atoms with E-state index in [2.05, 4.69) is 42.9 Å². The van der Waals surface area contributed by atoms with Crippen molar-refractivity contribution in [1.29, 1.82) is 0 Å². The van der Waals surface area contributed by atoms with E-state index in [0.717, 1.165) is 0 Å². The van der Waals surface area contributed by atoms with E-state index in [1.807, 2.05) is 0 Å². The molecule has 0 aromatic rings. The highest BCUT2D eigenvalue weighted by Gasteiger charge is 2.39. The van der Waals surface area contributed by atoms with Gasteiger partial charge in [0.2, 0.25) is 0 Å². The molecule has 3 nitrogen and oxygen atoms in total. The van der Waals surface area contributed by atoms with Gasteiger partial charge in [0.05, 0.1) is 0 Å². The predicted molar refractivity (Wildman–Crippen MR) is 58.5 cm³/mol. The Labute approximate surface area is 86.6 Å². The second-order valence-electron chi connectivity index (χ2n) is 5.24. The first-order chi connectivity index (χ1) is 6.58. The summed E-state index contributed by atoms with van der Waals surface area (Å²) in [5.41, 5.74) is 0. The Balaban J connectivity index is 1.94. The van der Waals surface area contributed by atoms with Crippen molar-refractivity contribution in [2.24, 2.45) is 11.8 Å².